The van der Waals surface area contributed by atoms with Crippen molar-refractivity contribution in [1.82, 2.24) is 4.90 Å². The summed E-state index contributed by atoms with van der Waals surface area (Å²) in [5.74, 6) is -1.51. The van der Waals surface area contributed by atoms with E-state index in [2.05, 4.69) is 33.9 Å². The summed E-state index contributed by atoms with van der Waals surface area (Å²) in [5.41, 5.74) is 4.73. The van der Waals surface area contributed by atoms with Gasteiger partial charge in [-0.1, -0.05) is 42.8 Å². The Bertz CT molecular complexity index is 1490. The first-order valence-electron chi connectivity index (χ1n) is 13.2. The van der Waals surface area contributed by atoms with Gasteiger partial charge in [0, 0.05) is 28.5 Å². The van der Waals surface area contributed by atoms with Crippen LogP contribution in [0.1, 0.15) is 52.3 Å². The second-order valence-electron chi connectivity index (χ2n) is 10.1. The van der Waals surface area contributed by atoms with Crippen molar-refractivity contribution in [2.45, 2.75) is 37.8 Å². The van der Waals surface area contributed by atoms with Crippen LogP contribution in [-0.2, 0) is 11.2 Å². The van der Waals surface area contributed by atoms with E-state index in [-0.39, 0.29) is 11.7 Å². The van der Waals surface area contributed by atoms with Gasteiger partial charge in [-0.25, -0.2) is 4.79 Å². The van der Waals surface area contributed by atoms with Crippen molar-refractivity contribution in [3.05, 3.63) is 93.9 Å². The predicted octanol–water partition coefficient (Wildman–Crippen LogP) is 7.32. The Morgan fingerprint density at radius 2 is 1.69 bits per heavy atom. The van der Waals surface area contributed by atoms with Crippen LogP contribution in [0.3, 0.4) is 0 Å². The first kappa shape index (κ1) is 25.9. The monoisotopic (exact) mass is 551 g/mol. The van der Waals surface area contributed by atoms with Crippen molar-refractivity contribution in [2.75, 3.05) is 26.2 Å². The Kier molecular flexibility index (Phi) is 7.08. The van der Waals surface area contributed by atoms with Crippen LogP contribution in [0.25, 0.3) is 10.1 Å². The highest BCUT2D eigenvalue weighted by Gasteiger charge is 2.41. The highest BCUT2D eigenvalue weighted by atomic mass is 32.1. The highest BCUT2D eigenvalue weighted by Crippen LogP contribution is 2.48. The molecule has 0 saturated carbocycles. The fraction of sp³-hybridized carbons (Fsp3) is 0.323. The summed E-state index contributed by atoms with van der Waals surface area (Å²) in [6.45, 7) is 3.88. The lowest BCUT2D eigenvalue weighted by Gasteiger charge is -2.27. The number of hydrogen-bond donors (Lipinski definition) is 0. The summed E-state index contributed by atoms with van der Waals surface area (Å²) in [5, 5.41) is 0.961. The lowest BCUT2D eigenvalue weighted by Crippen LogP contribution is -2.33. The quantitative estimate of drug-likeness (QED) is 0.164. The number of rotatable bonds is 6. The van der Waals surface area contributed by atoms with Gasteiger partial charge < -0.3 is 9.47 Å². The molecule has 1 unspecified atom stereocenters. The predicted molar refractivity (Wildman–Crippen MR) is 146 cm³/mol. The van der Waals surface area contributed by atoms with Crippen molar-refractivity contribution >= 4 is 27.4 Å². The van der Waals surface area contributed by atoms with Crippen LogP contribution in [0.4, 0.5) is 13.2 Å². The largest absolute Gasteiger partial charge is 0.492 e. The van der Waals surface area contributed by atoms with Crippen LogP contribution < -0.4 is 9.47 Å². The van der Waals surface area contributed by atoms with Crippen molar-refractivity contribution in [3.8, 4) is 11.5 Å². The molecule has 1 aromatic heterocycles. The van der Waals surface area contributed by atoms with E-state index in [1.165, 1.54) is 53.9 Å². The molecular weight excluding hydrogens is 523 g/mol. The zero-order valence-electron chi connectivity index (χ0n) is 21.3. The van der Waals surface area contributed by atoms with E-state index in [0.717, 1.165) is 57.9 Å². The molecule has 0 N–H and O–H groups in total. The number of esters is 1. The molecule has 4 nitrogen and oxygen atoms in total. The maximum absolute atomic E-state index is 12.7. The van der Waals surface area contributed by atoms with Crippen molar-refractivity contribution < 1.29 is 27.4 Å². The summed E-state index contributed by atoms with van der Waals surface area (Å²) in [7, 11) is 0. The first-order valence-corrected chi connectivity index (χ1v) is 14.1. The molecule has 4 aromatic rings. The van der Waals surface area contributed by atoms with Gasteiger partial charge >= 0.3 is 12.1 Å². The van der Waals surface area contributed by atoms with Gasteiger partial charge in [-0.2, -0.15) is 13.2 Å². The minimum Gasteiger partial charge on any atom is -0.492 e. The number of hydrogen-bond acceptors (Lipinski definition) is 5. The smallest absolute Gasteiger partial charge is 0.491 e. The number of piperidine rings is 1. The van der Waals surface area contributed by atoms with Crippen LogP contribution in [0.15, 0.2) is 66.7 Å². The minimum absolute atomic E-state index is 0.0234. The van der Waals surface area contributed by atoms with Crippen LogP contribution >= 0.6 is 11.3 Å². The SMILES string of the molecule is O=C(Oc1ccc2c3c(sc2c1)Cc1ccccc1C3c1ccc(OCCN2CCCCC2)cc1)C(F)(F)F. The molecule has 1 aliphatic heterocycles. The lowest BCUT2D eigenvalue weighted by atomic mass is 9.77. The number of carbonyl (C=O) groups is 1. The zero-order valence-corrected chi connectivity index (χ0v) is 22.1. The Morgan fingerprint density at radius 3 is 2.46 bits per heavy atom. The van der Waals surface area contributed by atoms with Gasteiger partial charge in [0.05, 0.1) is 0 Å². The van der Waals surface area contributed by atoms with E-state index in [1.807, 2.05) is 24.3 Å². The minimum atomic E-state index is -5.04. The number of carbonyl (C=O) groups excluding carboxylic acids is 1. The van der Waals surface area contributed by atoms with E-state index in [9.17, 15) is 18.0 Å². The number of alkyl halides is 3. The molecule has 3 aromatic carbocycles. The third-order valence-electron chi connectivity index (χ3n) is 7.56. The van der Waals surface area contributed by atoms with E-state index in [0.29, 0.717) is 6.61 Å². The number of halogens is 3. The topological polar surface area (TPSA) is 38.8 Å². The van der Waals surface area contributed by atoms with Gasteiger partial charge in [0.1, 0.15) is 18.1 Å². The van der Waals surface area contributed by atoms with Gasteiger partial charge in [-0.3, -0.25) is 4.90 Å². The van der Waals surface area contributed by atoms with Crippen LogP contribution in [-0.4, -0.2) is 43.3 Å². The number of nitrogens with zero attached hydrogens (tertiary/aromatic N) is 1. The van der Waals surface area contributed by atoms with Crippen molar-refractivity contribution in [1.29, 1.82) is 0 Å². The molecule has 0 radical (unpaired) electrons. The maximum Gasteiger partial charge on any atom is 0.491 e. The molecule has 1 aliphatic carbocycles. The molecule has 1 atom stereocenters. The molecule has 39 heavy (non-hydrogen) atoms. The summed E-state index contributed by atoms with van der Waals surface area (Å²) < 4.78 is 49.6. The fourth-order valence-electron chi connectivity index (χ4n) is 5.71. The average molecular weight is 552 g/mol. The first-order chi connectivity index (χ1) is 18.9. The molecule has 1 fully saturated rings. The third-order valence-corrected chi connectivity index (χ3v) is 8.73. The normalized spacial score (nSPS) is 17.5. The van der Waals surface area contributed by atoms with Gasteiger partial charge in [-0.05, 0) is 83.9 Å². The second kappa shape index (κ2) is 10.7. The molecular formula is C31H28F3NO3S. The molecule has 2 aliphatic rings. The number of thiophene rings is 1. The summed E-state index contributed by atoms with van der Waals surface area (Å²) in [6.07, 6.45) is -0.457. The highest BCUT2D eigenvalue weighted by molar-refractivity contribution is 7.19. The standard InChI is InChI=1S/C31H28F3NO3S/c32-31(33,34)30(36)38-23-12-13-25-26(19-23)39-27-18-21-6-2-3-7-24(21)28(29(25)27)20-8-10-22(11-9-20)37-17-16-35-14-4-1-5-15-35/h2-3,6-13,19,28H,1,4-5,14-18H2. The molecule has 0 bridgehead atoms. The number of likely N-dealkylation sites (tertiary alicyclic amines) is 1. The third kappa shape index (κ3) is 5.40. The molecule has 202 valence electrons. The molecule has 0 amide bonds. The zero-order chi connectivity index (χ0) is 27.0. The van der Waals surface area contributed by atoms with Crippen LogP contribution in [0.2, 0.25) is 0 Å². The maximum atomic E-state index is 12.7. The lowest BCUT2D eigenvalue weighted by molar-refractivity contribution is -0.189. The van der Waals surface area contributed by atoms with Crippen LogP contribution in [0.5, 0.6) is 11.5 Å². The Balaban J connectivity index is 1.28. The van der Waals surface area contributed by atoms with Gasteiger partial charge in [0.15, 0.2) is 0 Å². The number of benzene rings is 3. The fourth-order valence-corrected chi connectivity index (χ4v) is 7.00. The average Bonchev–Trinajstić information content (AvgIpc) is 3.29. The Labute approximate surface area is 229 Å². The number of ether oxygens (including phenoxy) is 2. The molecule has 1 saturated heterocycles. The van der Waals surface area contributed by atoms with Gasteiger partial charge in [0.2, 0.25) is 0 Å². The Morgan fingerprint density at radius 1 is 0.949 bits per heavy atom. The van der Waals surface area contributed by atoms with Gasteiger partial charge in [0.25, 0.3) is 0 Å². The number of fused-ring (bicyclic) bond motifs is 4. The van der Waals surface area contributed by atoms with E-state index >= 15 is 0 Å². The van der Waals surface area contributed by atoms with Crippen molar-refractivity contribution in [3.63, 3.8) is 0 Å². The summed E-state index contributed by atoms with van der Waals surface area (Å²) in [4.78, 5) is 15.0. The Hall–Kier alpha value is -3.36. The van der Waals surface area contributed by atoms with Crippen LogP contribution in [0, 0.1) is 0 Å². The van der Waals surface area contributed by atoms with Crippen molar-refractivity contribution in [2.24, 2.45) is 0 Å². The van der Waals surface area contributed by atoms with E-state index in [1.54, 1.807) is 6.07 Å². The molecule has 8 heteroatoms. The van der Waals surface area contributed by atoms with E-state index in [4.69, 9.17) is 4.74 Å². The second-order valence-corrected chi connectivity index (χ2v) is 11.2. The molecule has 2 heterocycles. The van der Waals surface area contributed by atoms with Gasteiger partial charge in [-0.15, -0.1) is 11.3 Å². The molecule has 6 rings (SSSR count). The molecule has 0 spiro atoms. The summed E-state index contributed by atoms with van der Waals surface area (Å²) in [6, 6.07) is 21.3. The summed E-state index contributed by atoms with van der Waals surface area (Å²) >= 11 is 1.54. The van der Waals surface area contributed by atoms with E-state index < -0.39 is 12.1 Å².